The lowest BCUT2D eigenvalue weighted by molar-refractivity contribution is 0.102. The van der Waals surface area contributed by atoms with Gasteiger partial charge in [-0.2, -0.15) is 0 Å². The molecule has 1 aromatic heterocycles. The van der Waals surface area contributed by atoms with E-state index in [0.29, 0.717) is 5.13 Å². The largest absolute Gasteiger partial charge is 0.298 e. The number of thiazole rings is 1. The summed E-state index contributed by atoms with van der Waals surface area (Å²) >= 11 is 4.73. The van der Waals surface area contributed by atoms with Gasteiger partial charge in [0.05, 0.1) is 26.4 Å². The molecule has 0 unspecified atom stereocenters. The maximum absolute atomic E-state index is 13.1. The number of anilines is 2. The number of amides is 1. The second-order valence-corrected chi connectivity index (χ2v) is 9.73. The van der Waals surface area contributed by atoms with Crippen molar-refractivity contribution in [1.29, 1.82) is 0 Å². The number of carbonyl (C=O) groups excluding carboxylic acids is 1. The zero-order chi connectivity index (χ0) is 21.3. The first-order chi connectivity index (χ1) is 14.3. The smallest absolute Gasteiger partial charge is 0.261 e. The van der Waals surface area contributed by atoms with Crippen molar-refractivity contribution in [3.8, 4) is 0 Å². The van der Waals surface area contributed by atoms with Gasteiger partial charge in [0.15, 0.2) is 5.13 Å². The average molecular weight is 506 g/mol. The van der Waals surface area contributed by atoms with Gasteiger partial charge in [0.25, 0.3) is 15.9 Å². The molecular weight excluding hydrogens is 493 g/mol. The molecule has 0 saturated carbocycles. The number of nitrogens with zero attached hydrogens (tertiary/aromatic N) is 1. The van der Waals surface area contributed by atoms with Crippen LogP contribution in [0.1, 0.15) is 10.4 Å². The van der Waals surface area contributed by atoms with Crippen LogP contribution in [0.15, 0.2) is 76.1 Å². The molecule has 152 valence electrons. The number of hydrogen-bond donors (Lipinski definition) is 2. The van der Waals surface area contributed by atoms with Gasteiger partial charge in [-0.3, -0.25) is 14.8 Å². The maximum atomic E-state index is 13.1. The summed E-state index contributed by atoms with van der Waals surface area (Å²) in [6.45, 7) is 0. The minimum atomic E-state index is -4.00. The summed E-state index contributed by atoms with van der Waals surface area (Å²) in [7, 11) is -4.00. The molecule has 10 heteroatoms. The van der Waals surface area contributed by atoms with Gasteiger partial charge < -0.3 is 0 Å². The number of halogens is 2. The number of aromatic nitrogens is 1. The lowest BCUT2D eigenvalue weighted by Gasteiger charge is -2.12. The van der Waals surface area contributed by atoms with Crippen LogP contribution in [0.25, 0.3) is 10.2 Å². The van der Waals surface area contributed by atoms with Gasteiger partial charge in [-0.25, -0.2) is 17.8 Å². The van der Waals surface area contributed by atoms with Crippen LogP contribution in [0.2, 0.25) is 0 Å². The van der Waals surface area contributed by atoms with Crippen LogP contribution < -0.4 is 10.0 Å². The van der Waals surface area contributed by atoms with E-state index in [4.69, 9.17) is 0 Å². The third-order valence-electron chi connectivity index (χ3n) is 4.13. The zero-order valence-corrected chi connectivity index (χ0v) is 18.3. The second-order valence-electron chi connectivity index (χ2n) is 6.16. The maximum Gasteiger partial charge on any atom is 0.261 e. The molecule has 4 rings (SSSR count). The second kappa shape index (κ2) is 8.13. The Morgan fingerprint density at radius 3 is 2.47 bits per heavy atom. The van der Waals surface area contributed by atoms with Gasteiger partial charge in [0.2, 0.25) is 0 Å². The molecule has 6 nitrogen and oxygen atoms in total. The fourth-order valence-corrected chi connectivity index (χ4v) is 5.27. The minimum Gasteiger partial charge on any atom is -0.298 e. The number of rotatable bonds is 5. The molecule has 1 heterocycles. The lowest BCUT2D eigenvalue weighted by atomic mass is 10.2. The first kappa shape index (κ1) is 20.5. The van der Waals surface area contributed by atoms with E-state index in [1.165, 1.54) is 23.5 Å². The van der Waals surface area contributed by atoms with E-state index in [1.54, 1.807) is 12.1 Å². The van der Waals surface area contributed by atoms with Crippen molar-refractivity contribution in [2.75, 3.05) is 10.0 Å². The van der Waals surface area contributed by atoms with Gasteiger partial charge in [0.1, 0.15) is 5.82 Å². The Balaban J connectivity index is 1.61. The van der Waals surface area contributed by atoms with E-state index in [1.807, 2.05) is 18.2 Å². The fraction of sp³-hybridized carbons (Fsp3) is 0. The molecule has 0 bridgehead atoms. The van der Waals surface area contributed by atoms with Crippen LogP contribution in [-0.4, -0.2) is 19.3 Å². The molecule has 0 aliphatic carbocycles. The molecule has 0 aliphatic rings. The highest BCUT2D eigenvalue weighted by atomic mass is 79.9. The van der Waals surface area contributed by atoms with Gasteiger partial charge in [-0.05, 0) is 64.5 Å². The van der Waals surface area contributed by atoms with Crippen LogP contribution in [-0.2, 0) is 10.0 Å². The normalized spacial score (nSPS) is 11.4. The Kier molecular flexibility index (Phi) is 5.54. The topological polar surface area (TPSA) is 88.2 Å². The molecule has 0 spiro atoms. The van der Waals surface area contributed by atoms with E-state index >= 15 is 0 Å². The summed E-state index contributed by atoms with van der Waals surface area (Å²) in [4.78, 5) is 17.1. The highest BCUT2D eigenvalue weighted by molar-refractivity contribution is 9.10. The number of carbonyl (C=O) groups is 1. The van der Waals surface area contributed by atoms with Crippen molar-refractivity contribution in [2.24, 2.45) is 0 Å². The fourth-order valence-electron chi connectivity index (χ4n) is 2.72. The summed E-state index contributed by atoms with van der Waals surface area (Å²) in [5.41, 5.74) is 0.950. The average Bonchev–Trinajstić information content (AvgIpc) is 3.12. The van der Waals surface area contributed by atoms with E-state index in [-0.39, 0.29) is 16.1 Å². The third-order valence-corrected chi connectivity index (χ3v) is 7.09. The minimum absolute atomic E-state index is 0.0987. The zero-order valence-electron chi connectivity index (χ0n) is 15.1. The van der Waals surface area contributed by atoms with Gasteiger partial charge in [-0.1, -0.05) is 29.5 Å². The predicted molar refractivity (Wildman–Crippen MR) is 119 cm³/mol. The summed E-state index contributed by atoms with van der Waals surface area (Å²) in [5, 5.41) is 3.10. The van der Waals surface area contributed by atoms with Crippen LogP contribution in [0.4, 0.5) is 15.2 Å². The Labute approximate surface area is 184 Å². The summed E-state index contributed by atoms with van der Waals surface area (Å²) < 4.78 is 42.4. The molecule has 2 N–H and O–H groups in total. The number of para-hydroxylation sites is 2. The third kappa shape index (κ3) is 4.20. The van der Waals surface area contributed by atoms with Crippen molar-refractivity contribution in [3.63, 3.8) is 0 Å². The highest BCUT2D eigenvalue weighted by Crippen LogP contribution is 2.31. The molecule has 0 atom stereocenters. The molecule has 0 aliphatic heterocycles. The Morgan fingerprint density at radius 2 is 1.73 bits per heavy atom. The lowest BCUT2D eigenvalue weighted by Crippen LogP contribution is -2.18. The number of nitrogens with one attached hydrogen (secondary N) is 2. The standard InChI is InChI=1S/C20H13BrFN3O3S2/c21-15-5-3-7-17-18(15)23-20(29-17)24-19(26)14-4-1-2-6-16(14)25-30(27,28)13-10-8-12(22)9-11-13/h1-11,25H,(H,23,24,26). The summed E-state index contributed by atoms with van der Waals surface area (Å²) in [5.74, 6) is -1.06. The van der Waals surface area contributed by atoms with Crippen LogP contribution in [0, 0.1) is 5.82 Å². The molecule has 0 fully saturated rings. The summed E-state index contributed by atoms with van der Waals surface area (Å²) in [6, 6.07) is 16.2. The molecule has 0 saturated heterocycles. The van der Waals surface area contributed by atoms with Gasteiger partial charge in [-0.15, -0.1) is 0 Å². The van der Waals surface area contributed by atoms with Crippen molar-refractivity contribution in [1.82, 2.24) is 4.98 Å². The highest BCUT2D eigenvalue weighted by Gasteiger charge is 2.19. The van der Waals surface area contributed by atoms with Gasteiger partial charge >= 0.3 is 0 Å². The monoisotopic (exact) mass is 505 g/mol. The first-order valence-corrected chi connectivity index (χ1v) is 11.7. The molecule has 4 aromatic rings. The first-order valence-electron chi connectivity index (χ1n) is 8.57. The van der Waals surface area contributed by atoms with E-state index < -0.39 is 21.7 Å². The Morgan fingerprint density at radius 1 is 1.00 bits per heavy atom. The number of fused-ring (bicyclic) bond motifs is 1. The van der Waals surface area contributed by atoms with Crippen LogP contribution >= 0.6 is 27.3 Å². The quantitative estimate of drug-likeness (QED) is 0.387. The van der Waals surface area contributed by atoms with E-state index in [2.05, 4.69) is 31.0 Å². The number of sulfonamides is 1. The molecule has 30 heavy (non-hydrogen) atoms. The van der Waals surface area contributed by atoms with Crippen molar-refractivity contribution >= 4 is 64.2 Å². The molecule has 1 amide bonds. The summed E-state index contributed by atoms with van der Waals surface area (Å²) in [6.07, 6.45) is 0. The molecular formula is C20H13BrFN3O3S2. The van der Waals surface area contributed by atoms with Crippen LogP contribution in [0.3, 0.4) is 0 Å². The molecule has 0 radical (unpaired) electrons. The Bertz CT molecular complexity index is 1360. The van der Waals surface area contributed by atoms with E-state index in [0.717, 1.165) is 39.0 Å². The SMILES string of the molecule is O=C(Nc1nc2c(Br)cccc2s1)c1ccccc1NS(=O)(=O)c1ccc(F)cc1. The van der Waals surface area contributed by atoms with Crippen molar-refractivity contribution in [2.45, 2.75) is 4.90 Å². The van der Waals surface area contributed by atoms with Crippen molar-refractivity contribution < 1.29 is 17.6 Å². The number of hydrogen-bond acceptors (Lipinski definition) is 5. The van der Waals surface area contributed by atoms with E-state index in [9.17, 15) is 17.6 Å². The van der Waals surface area contributed by atoms with Crippen LogP contribution in [0.5, 0.6) is 0 Å². The van der Waals surface area contributed by atoms with Gasteiger partial charge in [0, 0.05) is 4.47 Å². The predicted octanol–water partition coefficient (Wildman–Crippen LogP) is 5.25. The Hall–Kier alpha value is -2.82. The van der Waals surface area contributed by atoms with Crippen molar-refractivity contribution in [3.05, 3.63) is 82.6 Å². The number of benzene rings is 3. The molecule has 3 aromatic carbocycles.